The van der Waals surface area contributed by atoms with Crippen molar-refractivity contribution < 1.29 is 27.6 Å². The second-order valence-electron chi connectivity index (χ2n) is 6.54. The van der Waals surface area contributed by atoms with Crippen molar-refractivity contribution in [3.63, 3.8) is 0 Å². The number of aryl methyl sites for hydroxylation is 1. The van der Waals surface area contributed by atoms with Gasteiger partial charge in [-0.15, -0.1) is 0 Å². The Labute approximate surface area is 174 Å². The van der Waals surface area contributed by atoms with Gasteiger partial charge in [-0.3, -0.25) is 19.3 Å². The van der Waals surface area contributed by atoms with Gasteiger partial charge in [0.15, 0.2) is 0 Å². The summed E-state index contributed by atoms with van der Waals surface area (Å²) in [6.07, 6.45) is -3.07. The monoisotopic (exact) mass is 434 g/mol. The SMILES string of the molecule is Cc1ccc(C=C2SC(=O)N(CCNC(=O)c3ccccc3C(F)(F)F)C2=O)cc1. The number of hydrogen-bond donors (Lipinski definition) is 1. The summed E-state index contributed by atoms with van der Waals surface area (Å²) in [6.45, 7) is 1.62. The predicted molar refractivity (Wildman–Crippen MR) is 108 cm³/mol. The van der Waals surface area contributed by atoms with Gasteiger partial charge in [0.05, 0.1) is 16.0 Å². The lowest BCUT2D eigenvalue weighted by Gasteiger charge is -2.15. The van der Waals surface area contributed by atoms with Gasteiger partial charge in [0.1, 0.15) is 0 Å². The van der Waals surface area contributed by atoms with Crippen LogP contribution in [-0.2, 0) is 11.0 Å². The van der Waals surface area contributed by atoms with Crippen molar-refractivity contribution in [2.24, 2.45) is 0 Å². The first-order valence-corrected chi connectivity index (χ1v) is 9.75. The average Bonchev–Trinajstić information content (AvgIpc) is 2.96. The Kier molecular flexibility index (Phi) is 6.31. The fourth-order valence-electron chi connectivity index (χ4n) is 2.81. The van der Waals surface area contributed by atoms with Gasteiger partial charge in [-0.05, 0) is 42.5 Å². The zero-order valence-electron chi connectivity index (χ0n) is 15.8. The lowest BCUT2D eigenvalue weighted by Crippen LogP contribution is -2.37. The molecule has 9 heteroatoms. The van der Waals surface area contributed by atoms with Crippen molar-refractivity contribution in [1.82, 2.24) is 10.2 Å². The molecule has 1 saturated heterocycles. The highest BCUT2D eigenvalue weighted by Gasteiger charge is 2.36. The first-order chi connectivity index (χ1) is 14.2. The molecule has 5 nitrogen and oxygen atoms in total. The summed E-state index contributed by atoms with van der Waals surface area (Å²) in [5, 5.41) is 1.84. The molecule has 0 radical (unpaired) electrons. The summed E-state index contributed by atoms with van der Waals surface area (Å²) >= 11 is 0.779. The minimum absolute atomic E-state index is 0.143. The predicted octanol–water partition coefficient (Wildman–Crippen LogP) is 4.48. The third-order valence-corrected chi connectivity index (χ3v) is 5.25. The van der Waals surface area contributed by atoms with Crippen LogP contribution in [0.15, 0.2) is 53.4 Å². The number of thioether (sulfide) groups is 1. The molecule has 3 amide bonds. The summed E-state index contributed by atoms with van der Waals surface area (Å²) in [6, 6.07) is 11.8. The maximum atomic E-state index is 13.0. The van der Waals surface area contributed by atoms with Crippen molar-refractivity contribution in [3.8, 4) is 0 Å². The molecule has 0 aromatic heterocycles. The second-order valence-corrected chi connectivity index (χ2v) is 7.54. The number of carbonyl (C=O) groups is 3. The molecule has 0 spiro atoms. The van der Waals surface area contributed by atoms with Gasteiger partial charge >= 0.3 is 6.18 Å². The van der Waals surface area contributed by atoms with Crippen LogP contribution in [0.5, 0.6) is 0 Å². The van der Waals surface area contributed by atoms with Crippen LogP contribution in [0.25, 0.3) is 6.08 Å². The first kappa shape index (κ1) is 21.6. The van der Waals surface area contributed by atoms with Crippen LogP contribution >= 0.6 is 11.8 Å². The van der Waals surface area contributed by atoms with Crippen LogP contribution in [0.2, 0.25) is 0 Å². The molecule has 2 aromatic rings. The Morgan fingerprint density at radius 3 is 2.43 bits per heavy atom. The van der Waals surface area contributed by atoms with Crippen molar-refractivity contribution in [3.05, 3.63) is 75.7 Å². The number of halogens is 3. The third kappa shape index (κ3) is 4.91. The molecule has 0 saturated carbocycles. The molecule has 0 atom stereocenters. The summed E-state index contributed by atoms with van der Waals surface area (Å²) in [7, 11) is 0. The van der Waals surface area contributed by atoms with E-state index in [4.69, 9.17) is 0 Å². The van der Waals surface area contributed by atoms with Crippen LogP contribution in [-0.4, -0.2) is 35.0 Å². The maximum absolute atomic E-state index is 13.0. The molecule has 3 rings (SSSR count). The molecule has 0 unspecified atom stereocenters. The number of alkyl halides is 3. The van der Waals surface area contributed by atoms with E-state index in [9.17, 15) is 27.6 Å². The number of rotatable bonds is 5. The Hall–Kier alpha value is -3.07. The van der Waals surface area contributed by atoms with E-state index in [1.165, 1.54) is 12.1 Å². The number of benzene rings is 2. The fraction of sp³-hybridized carbons (Fsp3) is 0.190. The molecule has 1 N–H and O–H groups in total. The Morgan fingerprint density at radius 2 is 1.77 bits per heavy atom. The van der Waals surface area contributed by atoms with E-state index in [0.29, 0.717) is 0 Å². The van der Waals surface area contributed by atoms with E-state index in [1.807, 2.05) is 31.2 Å². The molecule has 1 aliphatic rings. The fourth-order valence-corrected chi connectivity index (χ4v) is 3.68. The van der Waals surface area contributed by atoms with Crippen molar-refractivity contribution >= 4 is 34.9 Å². The Bertz CT molecular complexity index is 1020. The van der Waals surface area contributed by atoms with Crippen LogP contribution in [0.4, 0.5) is 18.0 Å². The van der Waals surface area contributed by atoms with Gasteiger partial charge < -0.3 is 5.32 Å². The molecule has 1 fully saturated rings. The van der Waals surface area contributed by atoms with Gasteiger partial charge in [0.25, 0.3) is 17.1 Å². The summed E-state index contributed by atoms with van der Waals surface area (Å²) in [4.78, 5) is 38.0. The molecule has 1 aliphatic heterocycles. The van der Waals surface area contributed by atoms with Crippen molar-refractivity contribution in [2.75, 3.05) is 13.1 Å². The van der Waals surface area contributed by atoms with Crippen molar-refractivity contribution in [2.45, 2.75) is 13.1 Å². The summed E-state index contributed by atoms with van der Waals surface area (Å²) in [5.41, 5.74) is 0.263. The van der Waals surface area contributed by atoms with Gasteiger partial charge in [-0.25, -0.2) is 0 Å². The minimum atomic E-state index is -4.67. The molecular formula is C21H17F3N2O3S. The van der Waals surface area contributed by atoms with E-state index in [0.717, 1.165) is 39.9 Å². The van der Waals surface area contributed by atoms with Gasteiger partial charge in [-0.2, -0.15) is 13.2 Å². The number of imide groups is 1. The van der Waals surface area contributed by atoms with Crippen LogP contribution in [0.1, 0.15) is 27.0 Å². The normalized spacial score (nSPS) is 15.7. The standard InChI is InChI=1S/C21H17F3N2O3S/c1-13-6-8-14(9-7-13)12-17-19(28)26(20(29)30-17)11-10-25-18(27)15-4-2-3-5-16(15)21(22,23)24/h2-9,12H,10-11H2,1H3,(H,25,27). The zero-order valence-corrected chi connectivity index (χ0v) is 16.6. The van der Waals surface area contributed by atoms with E-state index in [1.54, 1.807) is 6.08 Å². The molecule has 30 heavy (non-hydrogen) atoms. The lowest BCUT2D eigenvalue weighted by molar-refractivity contribution is -0.138. The van der Waals surface area contributed by atoms with Crippen LogP contribution in [0.3, 0.4) is 0 Å². The molecule has 1 heterocycles. The third-order valence-electron chi connectivity index (χ3n) is 4.35. The number of hydrogen-bond acceptors (Lipinski definition) is 4. The van der Waals surface area contributed by atoms with E-state index in [2.05, 4.69) is 5.32 Å². The molecular weight excluding hydrogens is 417 g/mol. The molecule has 0 bridgehead atoms. The van der Waals surface area contributed by atoms with E-state index < -0.39 is 34.4 Å². The number of amides is 3. The van der Waals surface area contributed by atoms with Gasteiger partial charge in [0, 0.05) is 13.1 Å². The highest BCUT2D eigenvalue weighted by atomic mass is 32.2. The number of carbonyl (C=O) groups excluding carboxylic acids is 3. The molecule has 0 aliphatic carbocycles. The Balaban J connectivity index is 1.63. The highest BCUT2D eigenvalue weighted by Crippen LogP contribution is 2.33. The van der Waals surface area contributed by atoms with E-state index >= 15 is 0 Å². The quantitative estimate of drug-likeness (QED) is 0.705. The highest BCUT2D eigenvalue weighted by molar-refractivity contribution is 8.18. The molecule has 2 aromatic carbocycles. The lowest BCUT2D eigenvalue weighted by atomic mass is 10.1. The van der Waals surface area contributed by atoms with Crippen LogP contribution in [0, 0.1) is 6.92 Å². The largest absolute Gasteiger partial charge is 0.417 e. The summed E-state index contributed by atoms with van der Waals surface area (Å²) < 4.78 is 39.1. The van der Waals surface area contributed by atoms with E-state index in [-0.39, 0.29) is 18.0 Å². The van der Waals surface area contributed by atoms with Crippen LogP contribution < -0.4 is 5.32 Å². The number of nitrogens with one attached hydrogen (secondary N) is 1. The summed E-state index contributed by atoms with van der Waals surface area (Å²) in [5.74, 6) is -1.43. The number of nitrogens with zero attached hydrogens (tertiary/aromatic N) is 1. The van der Waals surface area contributed by atoms with Crippen molar-refractivity contribution in [1.29, 1.82) is 0 Å². The maximum Gasteiger partial charge on any atom is 0.417 e. The van der Waals surface area contributed by atoms with Gasteiger partial charge in [-0.1, -0.05) is 42.0 Å². The first-order valence-electron chi connectivity index (χ1n) is 8.93. The smallest absolute Gasteiger partial charge is 0.350 e. The van der Waals surface area contributed by atoms with Gasteiger partial charge in [0.2, 0.25) is 0 Å². The Morgan fingerprint density at radius 1 is 1.10 bits per heavy atom. The second kappa shape index (κ2) is 8.74. The minimum Gasteiger partial charge on any atom is -0.350 e. The molecule has 156 valence electrons. The average molecular weight is 434 g/mol. The zero-order chi connectivity index (χ0) is 21.9. The topological polar surface area (TPSA) is 66.5 Å².